The number of aliphatic hydroxyl groups is 1. The van der Waals surface area contributed by atoms with Crippen molar-refractivity contribution in [1.29, 1.82) is 0 Å². The van der Waals surface area contributed by atoms with Crippen LogP contribution in [0.25, 0.3) is 0 Å². The van der Waals surface area contributed by atoms with Crippen LogP contribution in [0.2, 0.25) is 0 Å². The fraction of sp³-hybridized carbons (Fsp3) is 0.643. The van der Waals surface area contributed by atoms with Crippen LogP contribution in [0.1, 0.15) is 37.4 Å². The minimum atomic E-state index is -1.10. The molecule has 8 heteroatoms. The first kappa shape index (κ1) is 18.4. The number of carbonyl (C=O) groups is 2. The van der Waals surface area contributed by atoms with Crippen molar-refractivity contribution in [3.05, 3.63) is 16.1 Å². The van der Waals surface area contributed by atoms with E-state index in [1.165, 1.54) is 18.9 Å². The topological polar surface area (TPSA) is 91.8 Å². The first-order chi connectivity index (χ1) is 10.3. The predicted octanol–water partition coefficient (Wildman–Crippen LogP) is 1.33. The highest BCUT2D eigenvalue weighted by Gasteiger charge is 2.27. The lowest BCUT2D eigenvalue weighted by Crippen LogP contribution is -2.51. The second-order valence-corrected chi connectivity index (χ2v) is 6.27. The van der Waals surface area contributed by atoms with Crippen molar-refractivity contribution in [3.8, 4) is 0 Å². The van der Waals surface area contributed by atoms with Crippen LogP contribution in [0, 0.1) is 0 Å². The Balaban J connectivity index is 2.65. The van der Waals surface area contributed by atoms with Crippen LogP contribution in [0.15, 0.2) is 5.38 Å². The third-order valence-corrected chi connectivity index (χ3v) is 4.22. The summed E-state index contributed by atoms with van der Waals surface area (Å²) in [6, 6.07) is -1.57. The molecule has 7 nitrogen and oxygen atoms in total. The summed E-state index contributed by atoms with van der Waals surface area (Å²) in [5.74, 6) is -0.343. The van der Waals surface area contributed by atoms with Gasteiger partial charge in [-0.3, -0.25) is 0 Å². The molecule has 0 aliphatic carbocycles. The van der Waals surface area contributed by atoms with Gasteiger partial charge in [-0.15, -0.1) is 11.3 Å². The maximum absolute atomic E-state index is 12.1. The standard InChI is InChI=1S/C14H23N3O4S/c1-8(2)12-15-10(7-22-12)6-17(4)14(20)16-11(9(3)18)13(19)21-5/h7-9,11,18H,6H2,1-5H3,(H,16,20)/t9?,11-/m0/s1. The normalized spacial score (nSPS) is 13.6. The number of aromatic nitrogens is 1. The van der Waals surface area contributed by atoms with Crippen molar-refractivity contribution in [2.24, 2.45) is 0 Å². The van der Waals surface area contributed by atoms with E-state index in [4.69, 9.17) is 0 Å². The molecule has 22 heavy (non-hydrogen) atoms. The lowest BCUT2D eigenvalue weighted by atomic mass is 10.2. The summed E-state index contributed by atoms with van der Waals surface area (Å²) in [5, 5.41) is 14.9. The predicted molar refractivity (Wildman–Crippen MR) is 83.7 cm³/mol. The van der Waals surface area contributed by atoms with Gasteiger partial charge in [-0.1, -0.05) is 13.8 Å². The Kier molecular flexibility index (Phi) is 6.76. The second-order valence-electron chi connectivity index (χ2n) is 5.38. The quantitative estimate of drug-likeness (QED) is 0.768. The Bertz CT molecular complexity index is 516. The molecule has 124 valence electrons. The molecule has 0 aromatic carbocycles. The molecule has 2 atom stereocenters. The Morgan fingerprint density at radius 2 is 2.09 bits per heavy atom. The number of hydrogen-bond acceptors (Lipinski definition) is 6. The summed E-state index contributed by atoms with van der Waals surface area (Å²) in [6.45, 7) is 5.85. The van der Waals surface area contributed by atoms with Gasteiger partial charge in [0.05, 0.1) is 30.5 Å². The summed E-state index contributed by atoms with van der Waals surface area (Å²) >= 11 is 1.56. The summed E-state index contributed by atoms with van der Waals surface area (Å²) in [5.41, 5.74) is 0.790. The van der Waals surface area contributed by atoms with Crippen molar-refractivity contribution in [2.75, 3.05) is 14.2 Å². The molecule has 0 spiro atoms. The average Bonchev–Trinajstić information content (AvgIpc) is 2.91. The third-order valence-electron chi connectivity index (χ3n) is 3.03. The van der Waals surface area contributed by atoms with Crippen LogP contribution >= 0.6 is 11.3 Å². The molecule has 0 saturated heterocycles. The zero-order valence-electron chi connectivity index (χ0n) is 13.5. The smallest absolute Gasteiger partial charge is 0.331 e. The zero-order valence-corrected chi connectivity index (χ0v) is 14.3. The van der Waals surface area contributed by atoms with Gasteiger partial charge in [0.1, 0.15) is 0 Å². The number of carbonyl (C=O) groups excluding carboxylic acids is 2. The van der Waals surface area contributed by atoms with Crippen molar-refractivity contribution in [1.82, 2.24) is 15.2 Å². The molecule has 0 bridgehead atoms. The van der Waals surface area contributed by atoms with Gasteiger partial charge < -0.3 is 20.1 Å². The van der Waals surface area contributed by atoms with Gasteiger partial charge in [-0.2, -0.15) is 0 Å². The summed E-state index contributed by atoms with van der Waals surface area (Å²) < 4.78 is 4.56. The minimum Gasteiger partial charge on any atom is -0.467 e. The largest absolute Gasteiger partial charge is 0.467 e. The van der Waals surface area contributed by atoms with Crippen LogP contribution in [-0.2, 0) is 16.1 Å². The van der Waals surface area contributed by atoms with Gasteiger partial charge in [0.2, 0.25) is 0 Å². The number of nitrogens with zero attached hydrogens (tertiary/aromatic N) is 2. The number of methoxy groups -OCH3 is 1. The molecule has 0 saturated carbocycles. The minimum absolute atomic E-state index is 0.322. The number of hydrogen-bond donors (Lipinski definition) is 2. The molecule has 0 fully saturated rings. The van der Waals surface area contributed by atoms with Crippen molar-refractivity contribution in [3.63, 3.8) is 0 Å². The van der Waals surface area contributed by atoms with Crippen LogP contribution in [0.4, 0.5) is 4.79 Å². The highest BCUT2D eigenvalue weighted by Crippen LogP contribution is 2.19. The van der Waals surface area contributed by atoms with Gasteiger partial charge >= 0.3 is 12.0 Å². The van der Waals surface area contributed by atoms with Gasteiger partial charge in [-0.25, -0.2) is 14.6 Å². The molecule has 1 aromatic rings. The third kappa shape index (κ3) is 4.96. The fourth-order valence-electron chi connectivity index (χ4n) is 1.72. The fourth-order valence-corrected chi connectivity index (χ4v) is 2.55. The van der Waals surface area contributed by atoms with E-state index in [0.717, 1.165) is 10.7 Å². The molecular weight excluding hydrogens is 306 g/mol. The maximum Gasteiger partial charge on any atom is 0.331 e. The van der Waals surface area contributed by atoms with E-state index in [9.17, 15) is 14.7 Å². The monoisotopic (exact) mass is 329 g/mol. The number of urea groups is 1. The second kappa shape index (κ2) is 8.09. The summed E-state index contributed by atoms with van der Waals surface area (Å²) in [4.78, 5) is 29.5. The molecule has 1 heterocycles. The van der Waals surface area contributed by atoms with Gasteiger partial charge in [0.15, 0.2) is 6.04 Å². The first-order valence-corrected chi connectivity index (χ1v) is 7.86. The molecule has 0 radical (unpaired) electrons. The summed E-state index contributed by atoms with van der Waals surface area (Å²) in [6.07, 6.45) is -1.04. The first-order valence-electron chi connectivity index (χ1n) is 6.98. The average molecular weight is 329 g/mol. The lowest BCUT2D eigenvalue weighted by molar-refractivity contribution is -0.145. The Morgan fingerprint density at radius 1 is 1.45 bits per heavy atom. The maximum atomic E-state index is 12.1. The zero-order chi connectivity index (χ0) is 16.9. The van der Waals surface area contributed by atoms with Gasteiger partial charge in [-0.05, 0) is 6.92 Å². The lowest BCUT2D eigenvalue weighted by Gasteiger charge is -2.23. The van der Waals surface area contributed by atoms with Crippen molar-refractivity contribution < 1.29 is 19.4 Å². The van der Waals surface area contributed by atoms with Crippen LogP contribution in [0.3, 0.4) is 0 Å². The molecule has 2 amide bonds. The number of nitrogens with one attached hydrogen (secondary N) is 1. The Morgan fingerprint density at radius 3 is 2.55 bits per heavy atom. The molecular formula is C14H23N3O4S. The van der Waals surface area contributed by atoms with E-state index >= 15 is 0 Å². The van der Waals surface area contributed by atoms with E-state index in [1.807, 2.05) is 5.38 Å². The number of thiazole rings is 1. The number of esters is 1. The molecule has 0 aliphatic rings. The number of amides is 2. The van der Waals surface area contributed by atoms with Crippen LogP contribution < -0.4 is 5.32 Å². The van der Waals surface area contributed by atoms with Crippen molar-refractivity contribution in [2.45, 2.75) is 45.4 Å². The molecule has 1 rings (SSSR count). The van der Waals surface area contributed by atoms with E-state index in [2.05, 4.69) is 28.9 Å². The van der Waals surface area contributed by atoms with E-state index in [-0.39, 0.29) is 0 Å². The SMILES string of the molecule is COC(=O)[C@@H](NC(=O)N(C)Cc1csc(C(C)C)n1)C(C)O. The highest BCUT2D eigenvalue weighted by atomic mass is 32.1. The molecule has 1 aromatic heterocycles. The molecule has 1 unspecified atom stereocenters. The number of ether oxygens (including phenoxy) is 1. The highest BCUT2D eigenvalue weighted by molar-refractivity contribution is 7.09. The Labute approximate surface area is 134 Å². The van der Waals surface area contributed by atoms with E-state index in [1.54, 1.807) is 18.4 Å². The van der Waals surface area contributed by atoms with Crippen molar-refractivity contribution >= 4 is 23.3 Å². The number of rotatable bonds is 6. The Hall–Kier alpha value is -1.67. The van der Waals surface area contributed by atoms with Gasteiger partial charge in [0.25, 0.3) is 0 Å². The van der Waals surface area contributed by atoms with Gasteiger partial charge in [0, 0.05) is 18.3 Å². The molecule has 0 aliphatic heterocycles. The number of aliphatic hydroxyl groups excluding tert-OH is 1. The van der Waals surface area contributed by atoms with Crippen LogP contribution in [-0.4, -0.2) is 53.3 Å². The van der Waals surface area contributed by atoms with E-state index in [0.29, 0.717) is 12.5 Å². The summed E-state index contributed by atoms with van der Waals surface area (Å²) in [7, 11) is 2.80. The van der Waals surface area contributed by atoms with E-state index < -0.39 is 24.1 Å². The van der Waals surface area contributed by atoms with Crippen LogP contribution in [0.5, 0.6) is 0 Å². The molecule has 2 N–H and O–H groups in total.